The average Bonchev–Trinajstić information content (AvgIpc) is 2.91. The van der Waals surface area contributed by atoms with Gasteiger partial charge in [0.1, 0.15) is 11.5 Å². The number of nitrogens with one attached hydrogen (secondary N) is 2. The van der Waals surface area contributed by atoms with Gasteiger partial charge in [0.15, 0.2) is 0 Å². The first kappa shape index (κ1) is 26.9. The number of rotatable bonds is 10. The van der Waals surface area contributed by atoms with Gasteiger partial charge in [-0.2, -0.15) is 10.2 Å². The molecule has 0 aromatic heterocycles. The van der Waals surface area contributed by atoms with E-state index in [0.717, 1.165) is 12.4 Å². The number of benzene rings is 3. The van der Waals surface area contributed by atoms with E-state index in [-0.39, 0.29) is 39.4 Å². The predicted molar refractivity (Wildman–Crippen MR) is 136 cm³/mol. The summed E-state index contributed by atoms with van der Waals surface area (Å²) < 4.78 is 5.48. The average molecular weight is 520 g/mol. The molecule has 14 nitrogen and oxygen atoms in total. The molecule has 0 heterocycles. The van der Waals surface area contributed by atoms with Crippen LogP contribution in [-0.2, 0) is 0 Å². The number of carbonyl (C=O) groups excluding carboxylic acids is 2. The van der Waals surface area contributed by atoms with E-state index >= 15 is 0 Å². The lowest BCUT2D eigenvalue weighted by Crippen LogP contribution is -2.17. The third-order valence-electron chi connectivity index (χ3n) is 4.87. The minimum Gasteiger partial charge on any atom is -0.507 e. The summed E-state index contributed by atoms with van der Waals surface area (Å²) in [5.74, 6) is -1.20. The van der Waals surface area contributed by atoms with Crippen LogP contribution >= 0.6 is 0 Å². The van der Waals surface area contributed by atoms with Gasteiger partial charge in [-0.05, 0) is 43.3 Å². The van der Waals surface area contributed by atoms with Crippen molar-refractivity contribution >= 4 is 35.6 Å². The van der Waals surface area contributed by atoms with Gasteiger partial charge in [0.05, 0.1) is 28.9 Å². The van der Waals surface area contributed by atoms with Crippen molar-refractivity contribution < 1.29 is 29.3 Å². The zero-order chi connectivity index (χ0) is 27.7. The van der Waals surface area contributed by atoms with Crippen molar-refractivity contribution in [3.05, 3.63) is 103 Å². The second kappa shape index (κ2) is 12.3. The normalized spacial score (nSPS) is 10.9. The van der Waals surface area contributed by atoms with Gasteiger partial charge in [-0.1, -0.05) is 0 Å². The number of nitro groups is 2. The number of phenolic OH excluding ortho intramolecular Hbond substituents is 1. The highest BCUT2D eigenvalue weighted by Crippen LogP contribution is 2.26. The van der Waals surface area contributed by atoms with Crippen molar-refractivity contribution in [1.29, 1.82) is 0 Å². The van der Waals surface area contributed by atoms with Crippen molar-refractivity contribution in [1.82, 2.24) is 10.9 Å². The maximum atomic E-state index is 12.2. The number of hydrazone groups is 2. The fourth-order valence-electron chi connectivity index (χ4n) is 3.02. The molecule has 3 aromatic carbocycles. The van der Waals surface area contributed by atoms with E-state index in [1.165, 1.54) is 60.7 Å². The molecule has 0 spiro atoms. The highest BCUT2D eigenvalue weighted by molar-refractivity contribution is 5.97. The third kappa shape index (κ3) is 6.94. The molecule has 14 heteroatoms. The van der Waals surface area contributed by atoms with Gasteiger partial charge in [0, 0.05) is 46.5 Å². The Morgan fingerprint density at radius 1 is 0.842 bits per heavy atom. The number of nitrogens with zero attached hydrogens (tertiary/aromatic N) is 4. The maximum Gasteiger partial charge on any atom is 0.271 e. The van der Waals surface area contributed by atoms with Crippen molar-refractivity contribution in [2.75, 3.05) is 6.61 Å². The number of aromatic hydroxyl groups is 1. The van der Waals surface area contributed by atoms with E-state index in [0.29, 0.717) is 12.4 Å². The van der Waals surface area contributed by atoms with E-state index in [2.05, 4.69) is 21.1 Å². The lowest BCUT2D eigenvalue weighted by Gasteiger charge is -2.09. The Morgan fingerprint density at radius 2 is 1.24 bits per heavy atom. The molecule has 0 unspecified atom stereocenters. The van der Waals surface area contributed by atoms with E-state index in [1.54, 1.807) is 6.92 Å². The molecule has 0 saturated heterocycles. The first-order valence-electron chi connectivity index (χ1n) is 10.8. The van der Waals surface area contributed by atoms with Crippen LogP contribution in [0.15, 0.2) is 70.9 Å². The van der Waals surface area contributed by atoms with Crippen molar-refractivity contribution in [3.63, 3.8) is 0 Å². The van der Waals surface area contributed by atoms with Crippen LogP contribution in [0.2, 0.25) is 0 Å². The highest BCUT2D eigenvalue weighted by Gasteiger charge is 2.12. The molecule has 0 aliphatic heterocycles. The van der Waals surface area contributed by atoms with Crippen molar-refractivity contribution in [2.24, 2.45) is 10.2 Å². The summed E-state index contributed by atoms with van der Waals surface area (Å²) in [4.78, 5) is 44.8. The molecule has 3 rings (SSSR count). The monoisotopic (exact) mass is 520 g/mol. The number of phenols is 1. The Labute approximate surface area is 214 Å². The van der Waals surface area contributed by atoms with Crippen LogP contribution < -0.4 is 15.6 Å². The molecule has 2 amide bonds. The first-order valence-corrected chi connectivity index (χ1v) is 10.8. The zero-order valence-electron chi connectivity index (χ0n) is 19.7. The predicted octanol–water partition coefficient (Wildman–Crippen LogP) is 3.14. The number of non-ortho nitro benzene ring substituents is 2. The summed E-state index contributed by atoms with van der Waals surface area (Å²) in [5.41, 5.74) is 4.77. The number of amides is 2. The molecular formula is C24H20N6O8. The van der Waals surface area contributed by atoms with Crippen LogP contribution in [0.1, 0.15) is 38.8 Å². The van der Waals surface area contributed by atoms with Gasteiger partial charge in [0.25, 0.3) is 23.2 Å². The third-order valence-corrected chi connectivity index (χ3v) is 4.87. The Bertz CT molecular complexity index is 1320. The van der Waals surface area contributed by atoms with Crippen LogP contribution in [-0.4, -0.2) is 45.8 Å². The molecule has 3 aromatic rings. The largest absolute Gasteiger partial charge is 0.507 e. The molecular weight excluding hydrogens is 500 g/mol. The smallest absolute Gasteiger partial charge is 0.271 e. The zero-order valence-corrected chi connectivity index (χ0v) is 19.7. The molecule has 0 radical (unpaired) electrons. The SMILES string of the molecule is CCOc1cc(C=NNC(=O)c2ccc([N+](=O)[O-])cc2)c(O)c(C=NNC(=O)c2ccc([N+](=O)[O-])cc2)c1. The molecule has 0 saturated carbocycles. The van der Waals surface area contributed by atoms with Gasteiger partial charge in [-0.15, -0.1) is 0 Å². The fraction of sp³-hybridized carbons (Fsp3) is 0.0833. The fourth-order valence-corrected chi connectivity index (χ4v) is 3.02. The molecule has 0 aliphatic carbocycles. The van der Waals surface area contributed by atoms with Crippen LogP contribution in [0.25, 0.3) is 0 Å². The molecule has 38 heavy (non-hydrogen) atoms. The van der Waals surface area contributed by atoms with Gasteiger partial charge >= 0.3 is 0 Å². The van der Waals surface area contributed by atoms with Crippen molar-refractivity contribution in [3.8, 4) is 11.5 Å². The van der Waals surface area contributed by atoms with E-state index < -0.39 is 21.7 Å². The Kier molecular flexibility index (Phi) is 8.75. The van der Waals surface area contributed by atoms with Gasteiger partial charge in [-0.25, -0.2) is 10.9 Å². The maximum absolute atomic E-state index is 12.2. The molecule has 0 fully saturated rings. The molecule has 0 bridgehead atoms. The second-order valence-electron chi connectivity index (χ2n) is 7.39. The standard InChI is InChI=1S/C24H20N6O8/c1-2-38-21-11-17(13-25-27-23(32)15-3-7-19(8-4-15)29(34)35)22(31)18(12-21)14-26-28-24(33)16-5-9-20(10-6-16)30(36)37/h3-14,31H,2H2,1H3,(H,27,32)(H,28,33). The molecule has 194 valence electrons. The lowest BCUT2D eigenvalue weighted by atomic mass is 10.1. The summed E-state index contributed by atoms with van der Waals surface area (Å²) >= 11 is 0. The number of hydrogen-bond donors (Lipinski definition) is 3. The molecule has 3 N–H and O–H groups in total. The molecule has 0 atom stereocenters. The Hall–Kier alpha value is -5.66. The van der Waals surface area contributed by atoms with Gasteiger partial charge in [0.2, 0.25) is 0 Å². The van der Waals surface area contributed by atoms with E-state index in [4.69, 9.17) is 4.74 Å². The minimum atomic E-state index is -0.632. The topological polar surface area (TPSA) is 199 Å². The molecule has 0 aliphatic rings. The lowest BCUT2D eigenvalue weighted by molar-refractivity contribution is -0.385. The first-order chi connectivity index (χ1) is 18.2. The number of nitro benzene ring substituents is 2. The number of carbonyl (C=O) groups is 2. The Morgan fingerprint density at radius 3 is 1.58 bits per heavy atom. The highest BCUT2D eigenvalue weighted by atomic mass is 16.6. The van der Waals surface area contributed by atoms with Crippen LogP contribution in [0.3, 0.4) is 0 Å². The van der Waals surface area contributed by atoms with Crippen LogP contribution in [0, 0.1) is 20.2 Å². The van der Waals surface area contributed by atoms with Gasteiger partial charge < -0.3 is 9.84 Å². The Balaban J connectivity index is 1.72. The minimum absolute atomic E-state index is 0.136. The van der Waals surface area contributed by atoms with Crippen molar-refractivity contribution in [2.45, 2.75) is 6.92 Å². The van der Waals surface area contributed by atoms with Crippen LogP contribution in [0.4, 0.5) is 11.4 Å². The van der Waals surface area contributed by atoms with Gasteiger partial charge in [-0.3, -0.25) is 29.8 Å². The van der Waals surface area contributed by atoms with E-state index in [9.17, 15) is 34.9 Å². The summed E-state index contributed by atoms with van der Waals surface area (Å²) in [5, 5.41) is 39.7. The number of ether oxygens (including phenoxy) is 1. The summed E-state index contributed by atoms with van der Waals surface area (Å²) in [6.45, 7) is 2.06. The summed E-state index contributed by atoms with van der Waals surface area (Å²) in [6, 6.07) is 12.8. The second-order valence-corrected chi connectivity index (χ2v) is 7.39. The quantitative estimate of drug-likeness (QED) is 0.206. The van der Waals surface area contributed by atoms with E-state index in [1.807, 2.05) is 0 Å². The summed E-state index contributed by atoms with van der Waals surface area (Å²) in [7, 11) is 0. The summed E-state index contributed by atoms with van der Waals surface area (Å²) in [6.07, 6.45) is 2.32. The number of hydrogen-bond acceptors (Lipinski definition) is 10. The van der Waals surface area contributed by atoms with Crippen LogP contribution in [0.5, 0.6) is 11.5 Å².